The highest BCUT2D eigenvalue weighted by molar-refractivity contribution is 6.28. The number of fused-ring (bicyclic) bond motifs is 1. The van der Waals surface area contributed by atoms with Crippen LogP contribution in [0, 0.1) is 0 Å². The molecule has 1 aromatic carbocycles. The molecule has 3 nitrogen and oxygen atoms in total. The van der Waals surface area contributed by atoms with Crippen LogP contribution < -0.4 is 0 Å². The number of hydrogen-bond donors (Lipinski definition) is 1. The van der Waals surface area contributed by atoms with Gasteiger partial charge in [0.2, 0.25) is 5.91 Å². The second-order valence-electron chi connectivity index (χ2n) is 2.92. The number of alkyl halides is 1. The van der Waals surface area contributed by atoms with E-state index in [1.165, 1.54) is 4.57 Å². The van der Waals surface area contributed by atoms with Crippen LogP contribution in [-0.4, -0.2) is 21.5 Å². The molecule has 0 atom stereocenters. The van der Waals surface area contributed by atoms with E-state index in [4.69, 9.17) is 11.6 Å². The molecule has 0 fully saturated rings. The van der Waals surface area contributed by atoms with Crippen molar-refractivity contribution in [3.05, 3.63) is 30.3 Å². The van der Waals surface area contributed by atoms with Gasteiger partial charge in [0, 0.05) is 11.5 Å². The number of para-hydroxylation sites is 1. The molecule has 0 saturated heterocycles. The summed E-state index contributed by atoms with van der Waals surface area (Å²) in [4.78, 5) is 11.4. The normalized spacial score (nSPS) is 10.6. The van der Waals surface area contributed by atoms with Crippen molar-refractivity contribution in [2.45, 2.75) is 0 Å². The molecule has 0 bridgehead atoms. The van der Waals surface area contributed by atoms with E-state index in [9.17, 15) is 9.90 Å². The number of rotatable bonds is 1. The summed E-state index contributed by atoms with van der Waals surface area (Å²) in [5.74, 6) is -0.547. The Bertz CT molecular complexity index is 490. The molecule has 14 heavy (non-hydrogen) atoms. The predicted molar refractivity (Wildman–Crippen MR) is 54.9 cm³/mol. The maximum absolute atomic E-state index is 11.4. The number of carbonyl (C=O) groups is 1. The van der Waals surface area contributed by atoms with Gasteiger partial charge in [0.1, 0.15) is 5.88 Å². The van der Waals surface area contributed by atoms with Gasteiger partial charge in [-0.1, -0.05) is 18.2 Å². The average molecular weight is 210 g/mol. The lowest BCUT2D eigenvalue weighted by molar-refractivity contribution is 0.0937. The zero-order valence-electron chi connectivity index (χ0n) is 7.27. The SMILES string of the molecule is O=C(CCl)n1c(O)cc2ccccc21. The molecule has 2 rings (SSSR count). The Morgan fingerprint density at radius 3 is 2.86 bits per heavy atom. The van der Waals surface area contributed by atoms with Crippen LogP contribution in [-0.2, 0) is 0 Å². The fourth-order valence-corrected chi connectivity index (χ4v) is 1.58. The van der Waals surface area contributed by atoms with Crippen LogP contribution in [0.4, 0.5) is 0 Å². The summed E-state index contributed by atoms with van der Waals surface area (Å²) in [6, 6.07) is 8.78. The van der Waals surface area contributed by atoms with Crippen molar-refractivity contribution in [2.24, 2.45) is 0 Å². The highest BCUT2D eigenvalue weighted by Crippen LogP contribution is 2.23. The van der Waals surface area contributed by atoms with E-state index in [2.05, 4.69) is 0 Å². The number of carbonyl (C=O) groups excluding carboxylic acids is 1. The molecule has 0 spiro atoms. The summed E-state index contributed by atoms with van der Waals surface area (Å²) >= 11 is 5.43. The Balaban J connectivity index is 2.74. The lowest BCUT2D eigenvalue weighted by Crippen LogP contribution is -2.10. The molecular weight excluding hydrogens is 202 g/mol. The molecule has 2 aromatic rings. The predicted octanol–water partition coefficient (Wildman–Crippen LogP) is 2.23. The van der Waals surface area contributed by atoms with Gasteiger partial charge in [-0.25, -0.2) is 4.57 Å². The molecule has 0 aliphatic carbocycles. The number of aromatic hydroxyl groups is 1. The average Bonchev–Trinajstić information content (AvgIpc) is 2.53. The Labute approximate surface area is 85.5 Å². The van der Waals surface area contributed by atoms with Crippen molar-refractivity contribution >= 4 is 28.4 Å². The maximum Gasteiger partial charge on any atom is 0.248 e. The Kier molecular flexibility index (Phi) is 2.17. The van der Waals surface area contributed by atoms with Crippen LogP contribution in [0.3, 0.4) is 0 Å². The molecule has 0 unspecified atom stereocenters. The number of halogens is 1. The first-order chi connectivity index (χ1) is 6.74. The van der Waals surface area contributed by atoms with Crippen molar-refractivity contribution in [2.75, 3.05) is 5.88 Å². The van der Waals surface area contributed by atoms with Crippen LogP contribution in [0.1, 0.15) is 4.79 Å². The van der Waals surface area contributed by atoms with E-state index < -0.39 is 0 Å². The summed E-state index contributed by atoms with van der Waals surface area (Å²) in [5, 5.41) is 10.3. The third-order valence-corrected chi connectivity index (χ3v) is 2.28. The summed E-state index contributed by atoms with van der Waals surface area (Å²) in [5.41, 5.74) is 0.677. The van der Waals surface area contributed by atoms with E-state index in [0.29, 0.717) is 5.52 Å². The van der Waals surface area contributed by atoms with Crippen LogP contribution in [0.25, 0.3) is 10.9 Å². The minimum atomic E-state index is -0.328. The fraction of sp³-hybridized carbons (Fsp3) is 0.100. The molecule has 1 heterocycles. The first kappa shape index (κ1) is 9.09. The van der Waals surface area contributed by atoms with Gasteiger partial charge >= 0.3 is 0 Å². The molecule has 0 radical (unpaired) electrons. The monoisotopic (exact) mass is 209 g/mol. The molecule has 0 aliphatic heterocycles. The van der Waals surface area contributed by atoms with Crippen molar-refractivity contribution in [1.29, 1.82) is 0 Å². The molecule has 72 valence electrons. The Morgan fingerprint density at radius 2 is 2.14 bits per heavy atom. The van der Waals surface area contributed by atoms with E-state index in [1.807, 2.05) is 12.1 Å². The Morgan fingerprint density at radius 1 is 1.43 bits per heavy atom. The quantitative estimate of drug-likeness (QED) is 0.732. The molecule has 4 heteroatoms. The standard InChI is InChI=1S/C10H8ClNO2/c11-6-10(14)12-8-4-2-1-3-7(8)5-9(12)13/h1-5,13H,6H2. The van der Waals surface area contributed by atoms with E-state index in [0.717, 1.165) is 5.39 Å². The van der Waals surface area contributed by atoms with E-state index in [1.54, 1.807) is 18.2 Å². The van der Waals surface area contributed by atoms with E-state index in [-0.39, 0.29) is 17.7 Å². The third-order valence-electron chi connectivity index (χ3n) is 2.06. The van der Waals surface area contributed by atoms with Crippen LogP contribution >= 0.6 is 11.6 Å². The van der Waals surface area contributed by atoms with E-state index >= 15 is 0 Å². The molecule has 1 N–H and O–H groups in total. The first-order valence-electron chi connectivity index (χ1n) is 4.12. The molecule has 1 aromatic heterocycles. The van der Waals surface area contributed by atoms with Gasteiger partial charge in [-0.2, -0.15) is 0 Å². The minimum Gasteiger partial charge on any atom is -0.494 e. The third kappa shape index (κ3) is 1.26. The van der Waals surface area contributed by atoms with Gasteiger partial charge < -0.3 is 5.11 Å². The van der Waals surface area contributed by atoms with Crippen molar-refractivity contribution < 1.29 is 9.90 Å². The second-order valence-corrected chi connectivity index (χ2v) is 3.19. The first-order valence-corrected chi connectivity index (χ1v) is 4.66. The van der Waals surface area contributed by atoms with Gasteiger partial charge in [-0.05, 0) is 6.07 Å². The smallest absolute Gasteiger partial charge is 0.248 e. The van der Waals surface area contributed by atoms with Crippen LogP contribution in [0.5, 0.6) is 5.88 Å². The molecular formula is C10H8ClNO2. The van der Waals surface area contributed by atoms with Crippen molar-refractivity contribution in [3.8, 4) is 5.88 Å². The van der Waals surface area contributed by atoms with Crippen LogP contribution in [0.15, 0.2) is 30.3 Å². The van der Waals surface area contributed by atoms with Crippen molar-refractivity contribution in [3.63, 3.8) is 0 Å². The number of hydrogen-bond acceptors (Lipinski definition) is 2. The number of aromatic nitrogens is 1. The largest absolute Gasteiger partial charge is 0.494 e. The van der Waals surface area contributed by atoms with Crippen LogP contribution in [0.2, 0.25) is 0 Å². The highest BCUT2D eigenvalue weighted by Gasteiger charge is 2.12. The number of benzene rings is 1. The lowest BCUT2D eigenvalue weighted by atomic mass is 10.2. The van der Waals surface area contributed by atoms with Gasteiger partial charge in [0.05, 0.1) is 5.52 Å². The lowest BCUT2D eigenvalue weighted by Gasteiger charge is -2.01. The fourth-order valence-electron chi connectivity index (χ4n) is 1.46. The van der Waals surface area contributed by atoms with Gasteiger partial charge in [0.25, 0.3) is 0 Å². The summed E-state index contributed by atoms with van der Waals surface area (Å²) in [6.07, 6.45) is 0. The van der Waals surface area contributed by atoms with Gasteiger partial charge in [0.15, 0.2) is 5.88 Å². The number of nitrogens with zero attached hydrogens (tertiary/aromatic N) is 1. The maximum atomic E-state index is 11.4. The van der Waals surface area contributed by atoms with Crippen molar-refractivity contribution in [1.82, 2.24) is 4.57 Å². The Hall–Kier alpha value is -1.48. The highest BCUT2D eigenvalue weighted by atomic mass is 35.5. The molecule has 0 aliphatic rings. The summed E-state index contributed by atoms with van der Waals surface area (Å²) in [6.45, 7) is 0. The topological polar surface area (TPSA) is 42.2 Å². The zero-order valence-corrected chi connectivity index (χ0v) is 8.03. The minimum absolute atomic E-state index is 0.0724. The summed E-state index contributed by atoms with van der Waals surface area (Å²) < 4.78 is 1.21. The van der Waals surface area contributed by atoms with Gasteiger partial charge in [-0.15, -0.1) is 11.6 Å². The second kappa shape index (κ2) is 3.35. The summed E-state index contributed by atoms with van der Waals surface area (Å²) in [7, 11) is 0. The zero-order chi connectivity index (χ0) is 10.1. The molecule has 0 amide bonds. The van der Waals surface area contributed by atoms with Gasteiger partial charge in [-0.3, -0.25) is 4.79 Å². The molecule has 0 saturated carbocycles.